The highest BCUT2D eigenvalue weighted by Crippen LogP contribution is 2.58. The zero-order chi connectivity index (χ0) is 17.5. The maximum atomic E-state index is 13.0. The summed E-state index contributed by atoms with van der Waals surface area (Å²) in [7, 11) is 0. The highest BCUT2D eigenvalue weighted by Gasteiger charge is 2.86. The summed E-state index contributed by atoms with van der Waals surface area (Å²) in [6, 6.07) is 0. The van der Waals surface area contributed by atoms with Crippen molar-refractivity contribution in [3.8, 4) is 0 Å². The predicted octanol–water partition coefficient (Wildman–Crippen LogP) is 4.28. The average Bonchev–Trinajstić information content (AvgIpc) is 2.25. The highest BCUT2D eigenvalue weighted by atomic mass is 127. The van der Waals surface area contributed by atoms with Crippen LogP contribution in [-0.2, 0) is 0 Å². The maximum Gasteiger partial charge on any atom is 0.460 e. The summed E-state index contributed by atoms with van der Waals surface area (Å²) in [4.78, 5) is 0. The Labute approximate surface area is 123 Å². The molecule has 1 nitrogen and oxygen atoms in total. The maximum absolute atomic E-state index is 13.0. The molecular weight excluding hydrogens is 448 g/mol. The van der Waals surface area contributed by atoms with E-state index in [1.165, 1.54) is 0 Å². The summed E-state index contributed by atoms with van der Waals surface area (Å²) in [6.07, 6.45) is -9.38. The van der Waals surface area contributed by atoms with Crippen molar-refractivity contribution in [2.75, 3.05) is 6.61 Å². The molecule has 0 saturated carbocycles. The molecule has 128 valence electrons. The van der Waals surface area contributed by atoms with Crippen LogP contribution in [0.3, 0.4) is 0 Å². The monoisotopic (exact) mass is 454 g/mol. The van der Waals surface area contributed by atoms with Crippen LogP contribution in [0.5, 0.6) is 0 Å². The Morgan fingerprint density at radius 3 is 1.38 bits per heavy atom. The molecule has 0 aliphatic rings. The number of hydrogen-bond donors (Lipinski definition) is 1. The van der Waals surface area contributed by atoms with E-state index in [9.17, 15) is 48.3 Å². The molecular formula is C8H6F11IO. The van der Waals surface area contributed by atoms with Gasteiger partial charge in [-0.3, -0.25) is 0 Å². The molecule has 0 aromatic heterocycles. The van der Waals surface area contributed by atoms with Crippen LogP contribution in [-0.4, -0.2) is 45.5 Å². The van der Waals surface area contributed by atoms with Crippen LogP contribution in [0.15, 0.2) is 0 Å². The van der Waals surface area contributed by atoms with Gasteiger partial charge in [0, 0.05) is 10.3 Å². The van der Waals surface area contributed by atoms with Crippen LogP contribution >= 0.6 is 22.6 Å². The number of rotatable bonds is 6. The van der Waals surface area contributed by atoms with E-state index in [2.05, 4.69) is 0 Å². The lowest BCUT2D eigenvalue weighted by molar-refractivity contribution is -0.422. The van der Waals surface area contributed by atoms with Gasteiger partial charge in [-0.1, -0.05) is 22.6 Å². The first-order valence-electron chi connectivity index (χ1n) is 4.78. The number of halogens is 12. The van der Waals surface area contributed by atoms with E-state index in [0.717, 1.165) is 22.6 Å². The third-order valence-electron chi connectivity index (χ3n) is 2.28. The van der Waals surface area contributed by atoms with Gasteiger partial charge in [-0.15, -0.1) is 0 Å². The van der Waals surface area contributed by atoms with Crippen LogP contribution in [0.1, 0.15) is 6.42 Å². The van der Waals surface area contributed by atoms with Gasteiger partial charge in [0.1, 0.15) is 0 Å². The summed E-state index contributed by atoms with van der Waals surface area (Å²) >= 11 is 0.918. The van der Waals surface area contributed by atoms with Crippen LogP contribution in [0.25, 0.3) is 0 Å². The van der Waals surface area contributed by atoms with Crippen molar-refractivity contribution >= 4 is 22.6 Å². The van der Waals surface area contributed by atoms with Crippen molar-refractivity contribution in [2.24, 2.45) is 0 Å². The molecule has 0 unspecified atom stereocenters. The number of hydrogen-bond acceptors (Lipinski definition) is 1. The fourth-order valence-corrected chi connectivity index (χ4v) is 1.63. The summed E-state index contributed by atoms with van der Waals surface area (Å²) < 4.78 is 136. The van der Waals surface area contributed by atoms with Gasteiger partial charge in [0.2, 0.25) is 0 Å². The van der Waals surface area contributed by atoms with Gasteiger partial charge in [-0.25, -0.2) is 0 Å². The molecule has 0 heterocycles. The normalized spacial score (nSPS) is 17.0. The lowest BCUT2D eigenvalue weighted by Crippen LogP contribution is -2.66. The van der Waals surface area contributed by atoms with Gasteiger partial charge in [-0.2, -0.15) is 48.3 Å². The van der Waals surface area contributed by atoms with E-state index < -0.39 is 46.8 Å². The minimum absolute atomic E-state index is 0.918. The van der Waals surface area contributed by atoms with Crippen LogP contribution in [0.2, 0.25) is 0 Å². The smallest absolute Gasteiger partial charge is 0.395 e. The van der Waals surface area contributed by atoms with Gasteiger partial charge in [0.25, 0.3) is 0 Å². The second-order valence-corrected chi connectivity index (χ2v) is 5.67. The molecule has 0 rings (SSSR count). The fraction of sp³-hybridized carbons (Fsp3) is 1.00. The van der Waals surface area contributed by atoms with Crippen molar-refractivity contribution in [2.45, 2.75) is 40.2 Å². The molecule has 21 heavy (non-hydrogen) atoms. The summed E-state index contributed by atoms with van der Waals surface area (Å²) in [6.45, 7) is -1.20. The minimum atomic E-state index is -7.38. The number of alkyl halides is 12. The first-order chi connectivity index (χ1) is 8.95. The third kappa shape index (κ3) is 3.47. The molecule has 0 aliphatic heterocycles. The molecule has 1 atom stereocenters. The van der Waals surface area contributed by atoms with Gasteiger partial charge in [0.15, 0.2) is 0 Å². The Morgan fingerprint density at radius 2 is 1.10 bits per heavy atom. The Bertz CT molecular complexity index is 364. The van der Waals surface area contributed by atoms with Gasteiger partial charge < -0.3 is 5.11 Å². The fourth-order valence-electron chi connectivity index (χ4n) is 1.08. The van der Waals surface area contributed by atoms with E-state index in [0.29, 0.717) is 0 Å². The topological polar surface area (TPSA) is 20.2 Å². The first-order valence-corrected chi connectivity index (χ1v) is 6.03. The molecule has 0 saturated heterocycles. The Hall–Kier alpha value is -0.0800. The molecule has 0 aliphatic carbocycles. The van der Waals surface area contributed by atoms with Gasteiger partial charge in [0.05, 0.1) is 6.61 Å². The van der Waals surface area contributed by atoms with E-state index in [1.807, 2.05) is 0 Å². The van der Waals surface area contributed by atoms with Crippen molar-refractivity contribution in [3.05, 3.63) is 0 Å². The van der Waals surface area contributed by atoms with Crippen LogP contribution in [0, 0.1) is 0 Å². The zero-order valence-electron chi connectivity index (χ0n) is 9.47. The second-order valence-electron chi connectivity index (χ2n) is 3.91. The highest BCUT2D eigenvalue weighted by molar-refractivity contribution is 14.1. The van der Waals surface area contributed by atoms with Crippen molar-refractivity contribution in [1.29, 1.82) is 0 Å². The van der Waals surface area contributed by atoms with Gasteiger partial charge in [-0.05, 0) is 0 Å². The molecule has 0 radical (unpaired) electrons. The quantitative estimate of drug-likeness (QED) is 0.361. The summed E-state index contributed by atoms with van der Waals surface area (Å²) in [5.74, 6) is -27.6. The second kappa shape index (κ2) is 5.85. The van der Waals surface area contributed by atoms with Crippen LogP contribution in [0.4, 0.5) is 48.3 Å². The van der Waals surface area contributed by atoms with Crippen molar-refractivity contribution in [3.63, 3.8) is 0 Å². The van der Waals surface area contributed by atoms with E-state index in [1.54, 1.807) is 0 Å². The zero-order valence-corrected chi connectivity index (χ0v) is 11.6. The molecule has 0 spiro atoms. The van der Waals surface area contributed by atoms with E-state index in [-0.39, 0.29) is 0 Å². The summed E-state index contributed by atoms with van der Waals surface area (Å²) in [5.41, 5.74) is 0. The van der Waals surface area contributed by atoms with Gasteiger partial charge >= 0.3 is 29.9 Å². The van der Waals surface area contributed by atoms with Crippen LogP contribution < -0.4 is 0 Å². The largest absolute Gasteiger partial charge is 0.460 e. The molecule has 13 heteroatoms. The molecule has 1 N–H and O–H groups in total. The molecule has 0 aromatic rings. The first kappa shape index (κ1) is 20.9. The van der Waals surface area contributed by atoms with E-state index in [4.69, 9.17) is 5.11 Å². The average molecular weight is 454 g/mol. The molecule has 0 fully saturated rings. The Kier molecular flexibility index (Phi) is 5.83. The summed E-state index contributed by atoms with van der Waals surface area (Å²) in [5, 5.41) is 8.35. The lowest BCUT2D eigenvalue weighted by atomic mass is 9.95. The molecule has 0 amide bonds. The third-order valence-corrected chi connectivity index (χ3v) is 3.11. The number of aliphatic hydroxyl groups is 1. The Morgan fingerprint density at radius 1 is 0.714 bits per heavy atom. The SMILES string of the molecule is OC[C@H](I)CC(F)(F)C(F)(F)C(F)(F)C(F)(F)C(F)(F)F. The predicted molar refractivity (Wildman–Crippen MR) is 55.4 cm³/mol. The molecule has 0 bridgehead atoms. The lowest BCUT2D eigenvalue weighted by Gasteiger charge is -2.37. The number of aliphatic hydroxyl groups excluding tert-OH is 1. The Balaban J connectivity index is 5.77. The van der Waals surface area contributed by atoms with E-state index >= 15 is 0 Å². The minimum Gasteiger partial charge on any atom is -0.395 e. The van der Waals surface area contributed by atoms with Crippen molar-refractivity contribution < 1.29 is 53.4 Å². The molecule has 0 aromatic carbocycles. The standard InChI is InChI=1S/C8H6F11IO/c9-4(10,1-3(20)2-21)5(11,12)6(13,14)7(15,16)8(17,18)19/h3,21H,1-2H2/t3-/m1/s1. The van der Waals surface area contributed by atoms with Crippen molar-refractivity contribution in [1.82, 2.24) is 0 Å².